The number of aryl methyl sites for hydroxylation is 1. The van der Waals surface area contributed by atoms with Crippen molar-refractivity contribution in [3.05, 3.63) is 51.4 Å². The molecule has 0 spiro atoms. The molecule has 5 heteroatoms. The van der Waals surface area contributed by atoms with Crippen molar-refractivity contribution >= 4 is 0 Å². The van der Waals surface area contributed by atoms with E-state index in [4.69, 9.17) is 0 Å². The second-order valence-electron chi connectivity index (χ2n) is 5.06. The highest BCUT2D eigenvalue weighted by molar-refractivity contribution is 5.55. The molecule has 1 aliphatic rings. The van der Waals surface area contributed by atoms with Gasteiger partial charge in [0.1, 0.15) is 17.5 Å². The Kier molecular flexibility index (Phi) is 3.34. The maximum Gasteiger partial charge on any atom is 0.254 e. The van der Waals surface area contributed by atoms with Gasteiger partial charge in [-0.25, -0.2) is 13.8 Å². The second-order valence-corrected chi connectivity index (χ2v) is 5.06. The van der Waals surface area contributed by atoms with Gasteiger partial charge in [-0.05, 0) is 37.8 Å². The monoisotopic (exact) mass is 276 g/mol. The van der Waals surface area contributed by atoms with E-state index in [0.717, 1.165) is 43.9 Å². The van der Waals surface area contributed by atoms with Crippen molar-refractivity contribution in [3.8, 4) is 11.4 Å². The Hall–Kier alpha value is -2.04. The van der Waals surface area contributed by atoms with Crippen molar-refractivity contribution in [2.24, 2.45) is 0 Å². The van der Waals surface area contributed by atoms with E-state index >= 15 is 0 Å². The van der Waals surface area contributed by atoms with Gasteiger partial charge in [-0.1, -0.05) is 6.42 Å². The number of aromatic amines is 1. The molecular weight excluding hydrogens is 262 g/mol. The standard InChI is InChI=1S/C15H14F2N2O/c16-10-6-9(7-11(17)8-10)14-18-13-5-3-1-2-4-12(13)15(20)19-14/h6-8H,1-5H2,(H,18,19,20). The summed E-state index contributed by atoms with van der Waals surface area (Å²) in [6.45, 7) is 0. The maximum atomic E-state index is 13.3. The van der Waals surface area contributed by atoms with Crippen LogP contribution in [0.5, 0.6) is 0 Å². The van der Waals surface area contributed by atoms with E-state index in [0.29, 0.717) is 5.56 Å². The number of rotatable bonds is 1. The third-order valence-electron chi connectivity index (χ3n) is 3.58. The highest BCUT2D eigenvalue weighted by atomic mass is 19.1. The minimum absolute atomic E-state index is 0.198. The largest absolute Gasteiger partial charge is 0.306 e. The second kappa shape index (κ2) is 5.15. The van der Waals surface area contributed by atoms with Gasteiger partial charge in [0.25, 0.3) is 5.56 Å². The number of aromatic nitrogens is 2. The first-order valence-electron chi connectivity index (χ1n) is 6.72. The summed E-state index contributed by atoms with van der Waals surface area (Å²) in [5.74, 6) is -1.13. The van der Waals surface area contributed by atoms with Gasteiger partial charge in [0.15, 0.2) is 0 Å². The molecule has 0 bridgehead atoms. The third-order valence-corrected chi connectivity index (χ3v) is 3.58. The van der Waals surface area contributed by atoms with Crippen molar-refractivity contribution in [1.82, 2.24) is 9.97 Å². The summed E-state index contributed by atoms with van der Waals surface area (Å²) in [4.78, 5) is 19.1. The Morgan fingerprint density at radius 3 is 2.45 bits per heavy atom. The van der Waals surface area contributed by atoms with Gasteiger partial charge in [-0.2, -0.15) is 0 Å². The highest BCUT2D eigenvalue weighted by Crippen LogP contribution is 2.21. The minimum atomic E-state index is -0.683. The lowest BCUT2D eigenvalue weighted by Gasteiger charge is -2.07. The van der Waals surface area contributed by atoms with Crippen LogP contribution in [-0.2, 0) is 12.8 Å². The van der Waals surface area contributed by atoms with Gasteiger partial charge >= 0.3 is 0 Å². The Bertz CT molecular complexity index is 689. The number of H-pyrrole nitrogens is 1. The average molecular weight is 276 g/mol. The maximum absolute atomic E-state index is 13.3. The smallest absolute Gasteiger partial charge is 0.254 e. The first-order chi connectivity index (χ1) is 9.63. The van der Waals surface area contributed by atoms with Crippen molar-refractivity contribution in [1.29, 1.82) is 0 Å². The van der Waals surface area contributed by atoms with Gasteiger partial charge in [0.05, 0.1) is 5.69 Å². The zero-order valence-electron chi connectivity index (χ0n) is 10.9. The van der Waals surface area contributed by atoms with Gasteiger partial charge in [0.2, 0.25) is 0 Å². The van der Waals surface area contributed by atoms with Gasteiger partial charge < -0.3 is 4.98 Å². The van der Waals surface area contributed by atoms with Crippen LogP contribution >= 0.6 is 0 Å². The molecule has 0 unspecified atom stereocenters. The highest BCUT2D eigenvalue weighted by Gasteiger charge is 2.15. The molecule has 1 aliphatic carbocycles. The molecule has 0 amide bonds. The molecule has 1 aromatic heterocycles. The summed E-state index contributed by atoms with van der Waals surface area (Å²) >= 11 is 0. The Morgan fingerprint density at radius 2 is 1.70 bits per heavy atom. The van der Waals surface area contributed by atoms with Gasteiger partial charge in [-0.15, -0.1) is 0 Å². The van der Waals surface area contributed by atoms with E-state index in [1.54, 1.807) is 0 Å². The van der Waals surface area contributed by atoms with Gasteiger partial charge in [0, 0.05) is 17.2 Å². The Balaban J connectivity index is 2.13. The average Bonchev–Trinajstić information content (AvgIpc) is 2.63. The number of nitrogens with zero attached hydrogens (tertiary/aromatic N) is 1. The molecule has 20 heavy (non-hydrogen) atoms. The molecular formula is C15H14F2N2O. The van der Waals surface area contributed by atoms with Crippen LogP contribution in [0.15, 0.2) is 23.0 Å². The lowest BCUT2D eigenvalue weighted by molar-refractivity contribution is 0.584. The first-order valence-corrected chi connectivity index (χ1v) is 6.72. The van der Waals surface area contributed by atoms with E-state index in [9.17, 15) is 13.6 Å². The molecule has 0 saturated carbocycles. The zero-order chi connectivity index (χ0) is 14.1. The summed E-state index contributed by atoms with van der Waals surface area (Å²) in [6.07, 6.45) is 4.49. The molecule has 0 radical (unpaired) electrons. The molecule has 2 aromatic rings. The van der Waals surface area contributed by atoms with Crippen LogP contribution in [0, 0.1) is 11.6 Å². The van der Waals surface area contributed by atoms with Crippen LogP contribution in [0.4, 0.5) is 8.78 Å². The fourth-order valence-electron chi connectivity index (χ4n) is 2.61. The lowest BCUT2D eigenvalue weighted by atomic mass is 10.1. The predicted molar refractivity (Wildman–Crippen MR) is 71.5 cm³/mol. The van der Waals surface area contributed by atoms with Crippen LogP contribution in [0.25, 0.3) is 11.4 Å². The molecule has 1 N–H and O–H groups in total. The predicted octanol–water partition coefficient (Wildman–Crippen LogP) is 2.98. The molecule has 1 heterocycles. The molecule has 104 valence electrons. The molecule has 0 fully saturated rings. The van der Waals surface area contributed by atoms with Crippen LogP contribution in [0.3, 0.4) is 0 Å². The topological polar surface area (TPSA) is 45.8 Å². The van der Waals surface area contributed by atoms with Crippen molar-refractivity contribution in [3.63, 3.8) is 0 Å². The van der Waals surface area contributed by atoms with Crippen LogP contribution in [0.1, 0.15) is 30.5 Å². The quantitative estimate of drug-likeness (QED) is 0.814. The summed E-state index contributed by atoms with van der Waals surface area (Å²) in [7, 11) is 0. The fraction of sp³-hybridized carbons (Fsp3) is 0.333. The fourth-order valence-corrected chi connectivity index (χ4v) is 2.61. The number of hydrogen-bond acceptors (Lipinski definition) is 2. The lowest BCUT2D eigenvalue weighted by Crippen LogP contribution is -2.18. The van der Waals surface area contributed by atoms with Crippen LogP contribution in [0.2, 0.25) is 0 Å². The Labute approximate surface area is 114 Å². The molecule has 0 atom stereocenters. The Morgan fingerprint density at radius 1 is 1.00 bits per heavy atom. The zero-order valence-corrected chi connectivity index (χ0v) is 10.9. The van der Waals surface area contributed by atoms with Crippen LogP contribution < -0.4 is 5.56 Å². The molecule has 3 rings (SSSR count). The van der Waals surface area contributed by atoms with Gasteiger partial charge in [-0.3, -0.25) is 4.79 Å². The molecule has 0 saturated heterocycles. The number of benzene rings is 1. The summed E-state index contributed by atoms with van der Waals surface area (Å²) in [5.41, 5.74) is 1.53. The van der Waals surface area contributed by atoms with Crippen LogP contribution in [-0.4, -0.2) is 9.97 Å². The van der Waals surface area contributed by atoms with E-state index in [2.05, 4.69) is 9.97 Å². The number of nitrogens with one attached hydrogen (secondary N) is 1. The summed E-state index contributed by atoms with van der Waals surface area (Å²) in [5, 5.41) is 0. The van der Waals surface area contributed by atoms with E-state index in [1.165, 1.54) is 12.1 Å². The molecule has 0 aliphatic heterocycles. The number of fused-ring (bicyclic) bond motifs is 1. The first kappa shape index (κ1) is 13.0. The minimum Gasteiger partial charge on any atom is -0.306 e. The number of hydrogen-bond donors (Lipinski definition) is 1. The summed E-state index contributed by atoms with van der Waals surface area (Å²) in [6, 6.07) is 3.14. The van der Waals surface area contributed by atoms with Crippen molar-refractivity contribution in [2.75, 3.05) is 0 Å². The SMILES string of the molecule is O=c1[nH]c(-c2cc(F)cc(F)c2)nc2c1CCCCC2. The van der Waals surface area contributed by atoms with Crippen molar-refractivity contribution in [2.45, 2.75) is 32.1 Å². The number of halogens is 2. The normalized spacial score (nSPS) is 14.7. The molecule has 3 nitrogen and oxygen atoms in total. The van der Waals surface area contributed by atoms with E-state index in [1.807, 2.05) is 0 Å². The van der Waals surface area contributed by atoms with E-state index < -0.39 is 11.6 Å². The molecule has 1 aromatic carbocycles. The summed E-state index contributed by atoms with van der Waals surface area (Å²) < 4.78 is 26.5. The third kappa shape index (κ3) is 2.48. The van der Waals surface area contributed by atoms with E-state index in [-0.39, 0.29) is 16.9 Å². The van der Waals surface area contributed by atoms with Crippen molar-refractivity contribution < 1.29 is 8.78 Å².